The monoisotopic (exact) mass is 780 g/mol. The van der Waals surface area contributed by atoms with Crippen LogP contribution in [0.2, 0.25) is 51.4 Å². The van der Waals surface area contributed by atoms with Crippen LogP contribution in [0.3, 0.4) is 0 Å². The molecule has 0 bridgehead atoms. The van der Waals surface area contributed by atoms with Crippen molar-refractivity contribution in [3.8, 4) is 0 Å². The van der Waals surface area contributed by atoms with Gasteiger partial charge in [0.2, 0.25) is 15.8 Å². The van der Waals surface area contributed by atoms with Crippen molar-refractivity contribution in [2.75, 3.05) is 61.2 Å². The van der Waals surface area contributed by atoms with Crippen LogP contribution >= 0.6 is 0 Å². The molecule has 52 heavy (non-hydrogen) atoms. The second-order valence-corrected chi connectivity index (χ2v) is 29.4. The molecule has 11 nitrogen and oxygen atoms in total. The van der Waals surface area contributed by atoms with Crippen molar-refractivity contribution in [3.05, 3.63) is 53.4 Å². The maximum absolute atomic E-state index is 16.6. The summed E-state index contributed by atoms with van der Waals surface area (Å²) in [5, 5.41) is 0.402. The zero-order chi connectivity index (χ0) is 37.9. The first kappa shape index (κ1) is 40.4. The van der Waals surface area contributed by atoms with E-state index < -0.39 is 67.4 Å². The summed E-state index contributed by atoms with van der Waals surface area (Å²) < 4.78 is 85.1. The minimum absolute atomic E-state index is 0.0263. The quantitative estimate of drug-likeness (QED) is 0.0616. The van der Waals surface area contributed by atoms with E-state index in [1.807, 2.05) is 6.07 Å². The standard InChI is InChI=1S/C36H54F2N4O7SSi2/c1-8-19-50(44,45)42(26-47-18-21-52(5,6)7)31-10-9-30(37)32(33(31)38)34(43)29-24-41(25-46-17-20-51(2,3)4)35-28(29)22-27(23-39-35)40-13-11-36(12-14-40)48-15-16-49-36/h9-10,22-24H,8,11-21,25-26H2,1-7H3. The van der Waals surface area contributed by atoms with Crippen molar-refractivity contribution in [2.45, 2.75) is 90.1 Å². The van der Waals surface area contributed by atoms with E-state index in [4.69, 9.17) is 23.9 Å². The highest BCUT2D eigenvalue weighted by Gasteiger charge is 2.40. The molecule has 3 aromatic rings. The van der Waals surface area contributed by atoms with E-state index in [9.17, 15) is 13.2 Å². The average molecular weight is 781 g/mol. The number of aromatic nitrogens is 2. The summed E-state index contributed by atoms with van der Waals surface area (Å²) in [5.74, 6) is -4.16. The number of nitrogens with zero attached hydrogens (tertiary/aromatic N) is 4. The lowest BCUT2D eigenvalue weighted by molar-refractivity contribution is -0.169. The summed E-state index contributed by atoms with van der Waals surface area (Å²) in [6.45, 7) is 17.8. The Morgan fingerprint density at radius 3 is 2.25 bits per heavy atom. The van der Waals surface area contributed by atoms with Crippen LogP contribution in [-0.2, 0) is 35.7 Å². The number of fused-ring (bicyclic) bond motifs is 1. The zero-order valence-electron chi connectivity index (χ0n) is 31.6. The Balaban J connectivity index is 1.51. The van der Waals surface area contributed by atoms with Gasteiger partial charge in [-0.25, -0.2) is 26.5 Å². The van der Waals surface area contributed by atoms with Crippen LogP contribution in [-0.4, -0.2) is 97.7 Å². The molecule has 2 saturated heterocycles. The van der Waals surface area contributed by atoms with Gasteiger partial charge in [0.15, 0.2) is 11.6 Å². The third kappa shape index (κ3) is 9.67. The molecule has 2 aliphatic heterocycles. The number of anilines is 2. The summed E-state index contributed by atoms with van der Waals surface area (Å²) in [4.78, 5) is 21.2. The van der Waals surface area contributed by atoms with E-state index in [1.165, 1.54) is 6.20 Å². The predicted octanol–water partition coefficient (Wildman–Crippen LogP) is 7.06. The fourth-order valence-electron chi connectivity index (χ4n) is 6.32. The number of piperidine rings is 1. The van der Waals surface area contributed by atoms with Gasteiger partial charge in [-0.1, -0.05) is 46.2 Å². The molecular weight excluding hydrogens is 727 g/mol. The number of carbonyl (C=O) groups is 1. The average Bonchev–Trinajstić information content (AvgIpc) is 3.67. The fourth-order valence-corrected chi connectivity index (χ4v) is 9.24. The summed E-state index contributed by atoms with van der Waals surface area (Å²) in [6, 6.07) is 5.49. The minimum Gasteiger partial charge on any atom is -0.370 e. The van der Waals surface area contributed by atoms with E-state index in [0.29, 0.717) is 56.8 Å². The lowest BCUT2D eigenvalue weighted by atomic mass is 10.0. The van der Waals surface area contributed by atoms with Crippen molar-refractivity contribution in [1.82, 2.24) is 9.55 Å². The number of hydrogen-bond acceptors (Lipinski definition) is 9. The first-order valence-electron chi connectivity index (χ1n) is 18.1. The van der Waals surface area contributed by atoms with E-state index >= 15 is 8.78 Å². The molecule has 0 aliphatic carbocycles. The van der Waals surface area contributed by atoms with Gasteiger partial charge in [0.1, 0.15) is 24.9 Å². The number of halogens is 2. The first-order valence-corrected chi connectivity index (χ1v) is 27.2. The van der Waals surface area contributed by atoms with Gasteiger partial charge in [-0.15, -0.1) is 0 Å². The molecule has 1 spiro atoms. The normalized spacial score (nSPS) is 16.7. The highest BCUT2D eigenvalue weighted by Crippen LogP contribution is 2.36. The zero-order valence-corrected chi connectivity index (χ0v) is 34.4. The highest BCUT2D eigenvalue weighted by molar-refractivity contribution is 7.92. The molecule has 2 aromatic heterocycles. The Morgan fingerprint density at radius 1 is 1.00 bits per heavy atom. The van der Waals surface area contributed by atoms with Crippen molar-refractivity contribution in [2.24, 2.45) is 0 Å². The third-order valence-corrected chi connectivity index (χ3v) is 14.8. The van der Waals surface area contributed by atoms with Crippen molar-refractivity contribution in [3.63, 3.8) is 0 Å². The number of ketones is 1. The number of sulfonamides is 1. The highest BCUT2D eigenvalue weighted by atomic mass is 32.2. The number of ether oxygens (including phenoxy) is 4. The van der Waals surface area contributed by atoms with Gasteiger partial charge in [0.25, 0.3) is 0 Å². The van der Waals surface area contributed by atoms with Crippen LogP contribution in [0.15, 0.2) is 30.6 Å². The number of carbonyl (C=O) groups excluding carboxylic acids is 1. The number of hydrogen-bond donors (Lipinski definition) is 0. The predicted molar refractivity (Wildman–Crippen MR) is 205 cm³/mol. The van der Waals surface area contributed by atoms with E-state index in [2.05, 4.69) is 44.2 Å². The summed E-state index contributed by atoms with van der Waals surface area (Å²) in [7, 11) is -6.95. The van der Waals surface area contributed by atoms with Gasteiger partial charge >= 0.3 is 0 Å². The molecule has 16 heteroatoms. The Bertz CT molecular complexity index is 1830. The number of pyridine rings is 1. The number of benzene rings is 1. The molecule has 0 N–H and O–H groups in total. The van der Waals surface area contributed by atoms with Crippen molar-refractivity contribution in [1.29, 1.82) is 0 Å². The third-order valence-electron chi connectivity index (χ3n) is 9.44. The van der Waals surface area contributed by atoms with Gasteiger partial charge in [-0.05, 0) is 36.7 Å². The summed E-state index contributed by atoms with van der Waals surface area (Å²) in [5.41, 5.74) is -0.0963. The van der Waals surface area contributed by atoms with Crippen LogP contribution in [0, 0.1) is 11.6 Å². The number of rotatable bonds is 17. The topological polar surface area (TPSA) is 112 Å². The fraction of sp³-hybridized carbons (Fsp3) is 0.611. The molecule has 1 aromatic carbocycles. The van der Waals surface area contributed by atoms with Crippen LogP contribution in [0.1, 0.15) is 42.1 Å². The smallest absolute Gasteiger partial charge is 0.237 e. The second-order valence-electron chi connectivity index (χ2n) is 16.1. The Kier molecular flexibility index (Phi) is 12.7. The molecule has 0 saturated carbocycles. The molecule has 5 rings (SSSR count). The van der Waals surface area contributed by atoms with Gasteiger partial charge in [-0.3, -0.25) is 4.79 Å². The van der Waals surface area contributed by atoms with Crippen LogP contribution < -0.4 is 9.21 Å². The molecular formula is C36H54F2N4O7SSi2. The molecule has 2 aliphatic rings. The molecule has 2 fully saturated rings. The molecule has 4 heterocycles. The van der Waals surface area contributed by atoms with Crippen molar-refractivity contribution < 1.29 is 40.9 Å². The van der Waals surface area contributed by atoms with Gasteiger partial charge in [0, 0.05) is 66.9 Å². The minimum atomic E-state index is -4.07. The Labute approximate surface area is 308 Å². The maximum atomic E-state index is 16.6. The second kappa shape index (κ2) is 16.3. The van der Waals surface area contributed by atoms with Crippen LogP contribution in [0.25, 0.3) is 11.0 Å². The van der Waals surface area contributed by atoms with Gasteiger partial charge < -0.3 is 28.4 Å². The van der Waals surface area contributed by atoms with Crippen LogP contribution in [0.5, 0.6) is 0 Å². The molecule has 0 atom stereocenters. The Hall–Kier alpha value is -2.74. The molecule has 288 valence electrons. The largest absolute Gasteiger partial charge is 0.370 e. The van der Waals surface area contributed by atoms with Crippen LogP contribution in [0.4, 0.5) is 20.2 Å². The summed E-state index contributed by atoms with van der Waals surface area (Å²) in [6.07, 6.45) is 4.83. The molecule has 0 radical (unpaired) electrons. The molecule has 0 unspecified atom stereocenters. The van der Waals surface area contributed by atoms with E-state index in [-0.39, 0.29) is 31.1 Å². The van der Waals surface area contributed by atoms with E-state index in [1.54, 1.807) is 17.7 Å². The van der Waals surface area contributed by atoms with Gasteiger partial charge in [0.05, 0.1) is 47.7 Å². The lowest BCUT2D eigenvalue weighted by Gasteiger charge is -2.38. The lowest BCUT2D eigenvalue weighted by Crippen LogP contribution is -2.45. The van der Waals surface area contributed by atoms with E-state index in [0.717, 1.165) is 34.2 Å². The summed E-state index contributed by atoms with van der Waals surface area (Å²) >= 11 is 0. The van der Waals surface area contributed by atoms with Gasteiger partial charge in [-0.2, -0.15) is 0 Å². The maximum Gasteiger partial charge on any atom is 0.237 e. The Morgan fingerprint density at radius 2 is 1.63 bits per heavy atom. The van der Waals surface area contributed by atoms with Crippen molar-refractivity contribution >= 4 is 54.4 Å². The SMILES string of the molecule is CCCS(=O)(=O)N(COCC[Si](C)(C)C)c1ccc(F)c(C(=O)c2cn(COCC[Si](C)(C)C)c3ncc(N4CCC5(CC4)OCCO5)cc23)c1F. The first-order chi connectivity index (χ1) is 24.4. The molecule has 0 amide bonds.